The van der Waals surface area contributed by atoms with Gasteiger partial charge in [-0.25, -0.2) is 0 Å². The molecule has 3 atom stereocenters. The van der Waals surface area contributed by atoms with Crippen molar-refractivity contribution in [3.05, 3.63) is 24.0 Å². The lowest BCUT2D eigenvalue weighted by molar-refractivity contribution is 0.553. The molecule has 0 radical (unpaired) electrons. The SMILES string of the molecule is C[C@@H](N)c1ccc(N2CC3CCC2C3)cn1. The number of nitrogens with two attached hydrogens (primary N) is 1. The van der Waals surface area contributed by atoms with E-state index < -0.39 is 0 Å². The molecule has 1 saturated carbocycles. The second kappa shape index (κ2) is 3.74. The molecule has 16 heavy (non-hydrogen) atoms. The number of hydrogen-bond acceptors (Lipinski definition) is 3. The first-order valence-electron chi connectivity index (χ1n) is 6.22. The molecule has 3 nitrogen and oxygen atoms in total. The molecule has 1 aromatic rings. The number of anilines is 1. The lowest BCUT2D eigenvalue weighted by Gasteiger charge is -2.29. The fourth-order valence-electron chi connectivity index (χ4n) is 3.08. The topological polar surface area (TPSA) is 42.1 Å². The number of fused-ring (bicyclic) bond motifs is 2. The van der Waals surface area contributed by atoms with E-state index in [0.717, 1.165) is 17.7 Å². The maximum absolute atomic E-state index is 5.80. The number of pyridine rings is 1. The number of rotatable bonds is 2. The number of nitrogens with zero attached hydrogens (tertiary/aromatic N) is 2. The summed E-state index contributed by atoms with van der Waals surface area (Å²) in [5.41, 5.74) is 8.06. The van der Waals surface area contributed by atoms with Crippen LogP contribution in [0.25, 0.3) is 0 Å². The zero-order valence-electron chi connectivity index (χ0n) is 9.76. The Hall–Kier alpha value is -1.09. The third kappa shape index (κ3) is 1.59. The highest BCUT2D eigenvalue weighted by Crippen LogP contribution is 2.39. The normalized spacial score (nSPS) is 29.8. The molecule has 3 heteroatoms. The summed E-state index contributed by atoms with van der Waals surface area (Å²) in [5.74, 6) is 0.929. The fraction of sp³-hybridized carbons (Fsp3) is 0.615. The molecule has 1 aromatic heterocycles. The number of aromatic nitrogens is 1. The Morgan fingerprint density at radius 2 is 2.31 bits per heavy atom. The van der Waals surface area contributed by atoms with Gasteiger partial charge in [-0.3, -0.25) is 4.98 Å². The Labute approximate surface area is 96.7 Å². The Balaban J connectivity index is 1.80. The van der Waals surface area contributed by atoms with Crippen LogP contribution in [-0.4, -0.2) is 17.6 Å². The quantitative estimate of drug-likeness (QED) is 0.824. The zero-order chi connectivity index (χ0) is 11.1. The van der Waals surface area contributed by atoms with Crippen molar-refractivity contribution in [2.45, 2.75) is 38.3 Å². The Morgan fingerprint density at radius 1 is 1.44 bits per heavy atom. The van der Waals surface area contributed by atoms with Gasteiger partial charge in [0.25, 0.3) is 0 Å². The van der Waals surface area contributed by atoms with E-state index in [-0.39, 0.29) is 6.04 Å². The summed E-state index contributed by atoms with van der Waals surface area (Å²) < 4.78 is 0. The van der Waals surface area contributed by atoms with Gasteiger partial charge in [0.05, 0.1) is 17.6 Å². The molecule has 0 amide bonds. The molecule has 2 bridgehead atoms. The van der Waals surface area contributed by atoms with E-state index in [0.29, 0.717) is 0 Å². The van der Waals surface area contributed by atoms with Gasteiger partial charge in [0.1, 0.15) is 0 Å². The van der Waals surface area contributed by atoms with E-state index >= 15 is 0 Å². The molecular formula is C13H19N3. The summed E-state index contributed by atoms with van der Waals surface area (Å²) in [6, 6.07) is 5.04. The first-order valence-corrected chi connectivity index (χ1v) is 6.22. The highest BCUT2D eigenvalue weighted by atomic mass is 15.2. The Morgan fingerprint density at radius 3 is 2.81 bits per heavy atom. The predicted molar refractivity (Wildman–Crippen MR) is 65.3 cm³/mol. The molecule has 0 aromatic carbocycles. The standard InChI is InChI=1S/C13H19N3/c1-9(14)13-5-4-12(7-15-13)16-8-10-2-3-11(16)6-10/h4-5,7,9-11H,2-3,6,8,14H2,1H3/t9-,10?,11?/m1/s1. The molecule has 1 saturated heterocycles. The van der Waals surface area contributed by atoms with Crippen LogP contribution >= 0.6 is 0 Å². The van der Waals surface area contributed by atoms with E-state index in [9.17, 15) is 0 Å². The van der Waals surface area contributed by atoms with Crippen molar-refractivity contribution in [1.82, 2.24) is 4.98 Å². The van der Waals surface area contributed by atoms with Gasteiger partial charge in [-0.1, -0.05) is 0 Å². The lowest BCUT2D eigenvalue weighted by Crippen LogP contribution is -2.31. The molecule has 1 aliphatic heterocycles. The van der Waals surface area contributed by atoms with Gasteiger partial charge in [-0.2, -0.15) is 0 Å². The summed E-state index contributed by atoms with van der Waals surface area (Å²) in [4.78, 5) is 6.96. The second-order valence-corrected chi connectivity index (χ2v) is 5.22. The average Bonchev–Trinajstić information content (AvgIpc) is 2.91. The first-order chi connectivity index (χ1) is 7.74. The van der Waals surface area contributed by atoms with E-state index in [1.165, 1.54) is 31.5 Å². The van der Waals surface area contributed by atoms with E-state index in [2.05, 4.69) is 22.0 Å². The van der Waals surface area contributed by atoms with Gasteiger partial charge in [-0.15, -0.1) is 0 Å². The third-order valence-corrected chi connectivity index (χ3v) is 3.98. The van der Waals surface area contributed by atoms with Crippen LogP contribution in [-0.2, 0) is 0 Å². The fourth-order valence-corrected chi connectivity index (χ4v) is 3.08. The zero-order valence-corrected chi connectivity index (χ0v) is 9.76. The molecule has 3 rings (SSSR count). The van der Waals surface area contributed by atoms with Crippen LogP contribution < -0.4 is 10.6 Å². The molecule has 2 aliphatic rings. The van der Waals surface area contributed by atoms with Crippen molar-refractivity contribution in [3.63, 3.8) is 0 Å². The molecular weight excluding hydrogens is 198 g/mol. The molecule has 86 valence electrons. The highest BCUT2D eigenvalue weighted by Gasteiger charge is 2.37. The van der Waals surface area contributed by atoms with Gasteiger partial charge in [0, 0.05) is 18.6 Å². The third-order valence-electron chi connectivity index (χ3n) is 3.98. The Bertz CT molecular complexity index is 371. The highest BCUT2D eigenvalue weighted by molar-refractivity contribution is 5.48. The van der Waals surface area contributed by atoms with Crippen molar-refractivity contribution in [1.29, 1.82) is 0 Å². The van der Waals surface area contributed by atoms with Crippen LogP contribution in [0.5, 0.6) is 0 Å². The molecule has 2 unspecified atom stereocenters. The minimum absolute atomic E-state index is 0.0316. The van der Waals surface area contributed by atoms with Crippen LogP contribution in [0.1, 0.15) is 37.9 Å². The maximum Gasteiger partial charge on any atom is 0.0569 e. The summed E-state index contributed by atoms with van der Waals surface area (Å²) in [7, 11) is 0. The molecule has 2 fully saturated rings. The first kappa shape index (κ1) is 10.1. The molecule has 0 spiro atoms. The number of hydrogen-bond donors (Lipinski definition) is 1. The van der Waals surface area contributed by atoms with Gasteiger partial charge in [-0.05, 0) is 44.2 Å². The van der Waals surface area contributed by atoms with E-state index in [1.54, 1.807) is 0 Å². The summed E-state index contributed by atoms with van der Waals surface area (Å²) in [6.07, 6.45) is 6.15. The summed E-state index contributed by atoms with van der Waals surface area (Å²) in [5, 5.41) is 0. The maximum atomic E-state index is 5.80. The summed E-state index contributed by atoms with van der Waals surface area (Å²) in [6.45, 7) is 3.20. The molecule has 1 aliphatic carbocycles. The average molecular weight is 217 g/mol. The van der Waals surface area contributed by atoms with Crippen molar-refractivity contribution in [3.8, 4) is 0 Å². The largest absolute Gasteiger partial charge is 0.367 e. The van der Waals surface area contributed by atoms with Crippen LogP contribution in [0.2, 0.25) is 0 Å². The van der Waals surface area contributed by atoms with Crippen molar-refractivity contribution < 1.29 is 0 Å². The van der Waals surface area contributed by atoms with Gasteiger partial charge in [0.2, 0.25) is 0 Å². The lowest BCUT2D eigenvalue weighted by atomic mass is 10.1. The van der Waals surface area contributed by atoms with Crippen molar-refractivity contribution in [2.75, 3.05) is 11.4 Å². The Kier molecular flexibility index (Phi) is 2.36. The van der Waals surface area contributed by atoms with Gasteiger partial charge < -0.3 is 10.6 Å². The smallest absolute Gasteiger partial charge is 0.0569 e. The van der Waals surface area contributed by atoms with Gasteiger partial charge >= 0.3 is 0 Å². The van der Waals surface area contributed by atoms with Crippen LogP contribution in [0.15, 0.2) is 18.3 Å². The molecule has 2 heterocycles. The number of piperidine rings is 1. The van der Waals surface area contributed by atoms with E-state index in [4.69, 9.17) is 5.73 Å². The summed E-state index contributed by atoms with van der Waals surface area (Å²) >= 11 is 0. The minimum atomic E-state index is 0.0316. The molecule has 2 N–H and O–H groups in total. The minimum Gasteiger partial charge on any atom is -0.367 e. The predicted octanol–water partition coefficient (Wildman–Crippen LogP) is 2.09. The van der Waals surface area contributed by atoms with Crippen molar-refractivity contribution >= 4 is 5.69 Å². The second-order valence-electron chi connectivity index (χ2n) is 5.22. The monoisotopic (exact) mass is 217 g/mol. The van der Waals surface area contributed by atoms with Crippen LogP contribution in [0, 0.1) is 5.92 Å². The van der Waals surface area contributed by atoms with Gasteiger partial charge in [0.15, 0.2) is 0 Å². The van der Waals surface area contributed by atoms with Crippen LogP contribution in [0.4, 0.5) is 5.69 Å². The van der Waals surface area contributed by atoms with Crippen molar-refractivity contribution in [2.24, 2.45) is 11.7 Å². The van der Waals surface area contributed by atoms with E-state index in [1.807, 2.05) is 13.1 Å². The van der Waals surface area contributed by atoms with Crippen LogP contribution in [0.3, 0.4) is 0 Å².